The highest BCUT2D eigenvalue weighted by Crippen LogP contribution is 2.33. The fraction of sp³-hybridized carbons (Fsp3) is 0.385. The van der Waals surface area contributed by atoms with Crippen molar-refractivity contribution < 1.29 is 48.9 Å². The first-order valence-corrected chi connectivity index (χ1v) is 8.45. The highest BCUT2D eigenvalue weighted by Gasteiger charge is 2.49. The smallest absolute Gasteiger partial charge is 0.442 e. The molecule has 0 aliphatic carbocycles. The Morgan fingerprint density at radius 3 is 2.37 bits per heavy atom. The Kier molecular flexibility index (Phi) is 5.49. The number of ether oxygens (including phenoxy) is 1. The van der Waals surface area contributed by atoms with E-state index in [1.807, 2.05) is 0 Å². The van der Waals surface area contributed by atoms with E-state index >= 15 is 0 Å². The van der Waals surface area contributed by atoms with Crippen LogP contribution in [0.1, 0.15) is 6.92 Å². The molecule has 0 spiro atoms. The van der Waals surface area contributed by atoms with Gasteiger partial charge in [-0.1, -0.05) is 0 Å². The molecule has 27 heavy (non-hydrogen) atoms. The van der Waals surface area contributed by atoms with Gasteiger partial charge in [-0.05, 0) is 0 Å². The van der Waals surface area contributed by atoms with Gasteiger partial charge in [0.25, 0.3) is 0 Å². The quantitative estimate of drug-likeness (QED) is 0.443. The van der Waals surface area contributed by atoms with Gasteiger partial charge in [-0.25, -0.2) is 13.6 Å². The maximum Gasteiger partial charge on any atom is 0.534 e. The normalized spacial score (nSPS) is 17.6. The van der Waals surface area contributed by atoms with Crippen LogP contribution in [0, 0.1) is 11.6 Å². The summed E-state index contributed by atoms with van der Waals surface area (Å²) in [6.45, 7) is 0.916. The number of halogens is 5. The number of benzene rings is 1. The summed E-state index contributed by atoms with van der Waals surface area (Å²) in [4.78, 5) is 23.4. The average Bonchev–Trinajstić information content (AvgIpc) is 2.88. The van der Waals surface area contributed by atoms with Crippen molar-refractivity contribution >= 4 is 27.8 Å². The topological polar surface area (TPSA) is 102 Å². The largest absolute Gasteiger partial charge is 0.534 e. The molecular weight excluding hydrogens is 407 g/mol. The summed E-state index contributed by atoms with van der Waals surface area (Å²) >= 11 is 0. The SMILES string of the molecule is CC(=O)NCC1CN(c2cc(F)c(OS(=O)(=O)C(F)(F)F)c(F)c2)C(=O)O1. The van der Waals surface area contributed by atoms with Crippen LogP contribution in [0.2, 0.25) is 0 Å². The predicted molar refractivity (Wildman–Crippen MR) is 78.3 cm³/mol. The van der Waals surface area contributed by atoms with Gasteiger partial charge in [0.15, 0.2) is 11.6 Å². The summed E-state index contributed by atoms with van der Waals surface area (Å²) in [6.07, 6.45) is -1.87. The van der Waals surface area contributed by atoms with Crippen LogP contribution in [-0.4, -0.2) is 45.1 Å². The molecule has 150 valence electrons. The molecule has 14 heteroatoms. The molecule has 0 radical (unpaired) electrons. The number of nitrogens with zero attached hydrogens (tertiary/aromatic N) is 1. The molecule has 1 saturated heterocycles. The van der Waals surface area contributed by atoms with Crippen molar-refractivity contribution in [2.24, 2.45) is 0 Å². The van der Waals surface area contributed by atoms with Crippen LogP contribution in [0.3, 0.4) is 0 Å². The molecule has 2 rings (SSSR count). The van der Waals surface area contributed by atoms with Gasteiger partial charge in [0.2, 0.25) is 11.7 Å². The van der Waals surface area contributed by atoms with Gasteiger partial charge >= 0.3 is 21.7 Å². The number of carbonyl (C=O) groups is 2. The molecule has 1 N–H and O–H groups in total. The minimum absolute atomic E-state index is 0.0758. The van der Waals surface area contributed by atoms with E-state index in [9.17, 15) is 40.0 Å². The van der Waals surface area contributed by atoms with E-state index in [0.717, 1.165) is 4.90 Å². The minimum atomic E-state index is -6.29. The molecule has 0 bridgehead atoms. The van der Waals surface area contributed by atoms with Crippen LogP contribution in [0.4, 0.5) is 32.4 Å². The molecule has 0 aromatic heterocycles. The zero-order valence-electron chi connectivity index (χ0n) is 13.3. The van der Waals surface area contributed by atoms with Crippen molar-refractivity contribution in [3.05, 3.63) is 23.8 Å². The molecule has 1 unspecified atom stereocenters. The first-order chi connectivity index (χ1) is 12.3. The van der Waals surface area contributed by atoms with Crippen molar-refractivity contribution in [2.45, 2.75) is 18.5 Å². The van der Waals surface area contributed by atoms with Gasteiger partial charge in [-0.15, -0.1) is 0 Å². The summed E-state index contributed by atoms with van der Waals surface area (Å²) in [5.41, 5.74) is -6.34. The third-order valence-electron chi connectivity index (χ3n) is 3.22. The monoisotopic (exact) mass is 418 g/mol. The number of nitrogens with one attached hydrogen (secondary N) is 1. The van der Waals surface area contributed by atoms with Gasteiger partial charge in [0.05, 0.1) is 18.8 Å². The molecule has 1 aromatic rings. The maximum absolute atomic E-state index is 13.9. The Bertz CT molecular complexity index is 849. The van der Waals surface area contributed by atoms with E-state index in [0.29, 0.717) is 12.1 Å². The highest BCUT2D eigenvalue weighted by molar-refractivity contribution is 7.88. The van der Waals surface area contributed by atoms with Crippen LogP contribution < -0.4 is 14.4 Å². The van der Waals surface area contributed by atoms with Crippen molar-refractivity contribution in [3.63, 3.8) is 0 Å². The minimum Gasteiger partial charge on any atom is -0.442 e. The Morgan fingerprint density at radius 2 is 1.89 bits per heavy atom. The third-order valence-corrected chi connectivity index (χ3v) is 4.18. The average molecular weight is 418 g/mol. The van der Waals surface area contributed by atoms with Crippen LogP contribution in [0.25, 0.3) is 0 Å². The van der Waals surface area contributed by atoms with Crippen molar-refractivity contribution in [3.8, 4) is 5.75 Å². The van der Waals surface area contributed by atoms with Crippen LogP contribution in [-0.2, 0) is 19.6 Å². The lowest BCUT2D eigenvalue weighted by Gasteiger charge is -2.16. The number of rotatable bonds is 5. The number of carbonyl (C=O) groups excluding carboxylic acids is 2. The Hall–Kier alpha value is -2.64. The van der Waals surface area contributed by atoms with Crippen LogP contribution in [0.5, 0.6) is 5.75 Å². The van der Waals surface area contributed by atoms with Gasteiger partial charge in [0, 0.05) is 19.1 Å². The molecule has 1 atom stereocenters. The highest BCUT2D eigenvalue weighted by atomic mass is 32.2. The fourth-order valence-electron chi connectivity index (χ4n) is 2.04. The maximum atomic E-state index is 13.9. The summed E-state index contributed by atoms with van der Waals surface area (Å²) < 4.78 is 94.8. The molecule has 2 amide bonds. The van der Waals surface area contributed by atoms with Crippen LogP contribution >= 0.6 is 0 Å². The zero-order valence-corrected chi connectivity index (χ0v) is 14.2. The van der Waals surface area contributed by atoms with E-state index in [4.69, 9.17) is 4.74 Å². The Balaban J connectivity index is 2.24. The van der Waals surface area contributed by atoms with Crippen molar-refractivity contribution in [1.29, 1.82) is 0 Å². The number of hydrogen-bond donors (Lipinski definition) is 1. The fourth-order valence-corrected chi connectivity index (χ4v) is 2.51. The molecule has 1 heterocycles. The van der Waals surface area contributed by atoms with E-state index < -0.39 is 56.8 Å². The van der Waals surface area contributed by atoms with E-state index in [-0.39, 0.29) is 13.1 Å². The van der Waals surface area contributed by atoms with Gasteiger partial charge in [-0.3, -0.25) is 9.69 Å². The Morgan fingerprint density at radius 1 is 1.33 bits per heavy atom. The number of amides is 2. The summed E-state index contributed by atoms with van der Waals surface area (Å²) in [7, 11) is -6.29. The van der Waals surface area contributed by atoms with Crippen molar-refractivity contribution in [2.75, 3.05) is 18.0 Å². The molecule has 1 aliphatic rings. The van der Waals surface area contributed by atoms with Gasteiger partial charge in [0.1, 0.15) is 6.10 Å². The lowest BCUT2D eigenvalue weighted by molar-refractivity contribution is -0.119. The summed E-state index contributed by atoms with van der Waals surface area (Å²) in [5, 5.41) is 2.37. The number of cyclic esters (lactones) is 1. The second-order valence-corrected chi connectivity index (χ2v) is 6.81. The molecule has 8 nitrogen and oxygen atoms in total. The van der Waals surface area contributed by atoms with E-state index in [2.05, 4.69) is 9.50 Å². The van der Waals surface area contributed by atoms with E-state index in [1.54, 1.807) is 0 Å². The number of anilines is 1. The number of hydrogen-bond acceptors (Lipinski definition) is 6. The predicted octanol–water partition coefficient (Wildman–Crippen LogP) is 1.65. The lowest BCUT2D eigenvalue weighted by Crippen LogP contribution is -2.33. The first kappa shape index (κ1) is 20.7. The molecule has 1 aliphatic heterocycles. The number of alkyl halides is 3. The first-order valence-electron chi connectivity index (χ1n) is 7.04. The second-order valence-electron chi connectivity index (χ2n) is 5.28. The molecule has 1 fully saturated rings. The standard InChI is InChI=1S/C13H11F5N2O6S/c1-6(21)19-4-8-5-20(12(22)25-8)7-2-9(14)11(10(15)3-7)26-27(23,24)13(16,17)18/h2-3,8H,4-5H2,1H3,(H,19,21). The molecule has 0 saturated carbocycles. The van der Waals surface area contributed by atoms with Gasteiger partial charge in [-0.2, -0.15) is 21.6 Å². The summed E-state index contributed by atoms with van der Waals surface area (Å²) in [5.74, 6) is -5.76. The van der Waals surface area contributed by atoms with Crippen molar-refractivity contribution in [1.82, 2.24) is 5.32 Å². The van der Waals surface area contributed by atoms with Gasteiger partial charge < -0.3 is 14.2 Å². The second kappa shape index (κ2) is 7.17. The lowest BCUT2D eigenvalue weighted by atomic mass is 10.2. The Labute approximate surface area is 149 Å². The third kappa shape index (κ3) is 4.56. The molecule has 1 aromatic carbocycles. The summed E-state index contributed by atoms with van der Waals surface area (Å²) in [6, 6.07) is 0.818. The molecular formula is C13H11F5N2O6S. The van der Waals surface area contributed by atoms with Crippen LogP contribution in [0.15, 0.2) is 12.1 Å². The zero-order chi connectivity index (χ0) is 20.6. The van der Waals surface area contributed by atoms with E-state index in [1.165, 1.54) is 6.92 Å².